The maximum Gasteiger partial charge on any atom is 0.308 e. The fourth-order valence-electron chi connectivity index (χ4n) is 2.01. The highest BCUT2D eigenvalue weighted by Gasteiger charge is 2.20. The Morgan fingerprint density at radius 1 is 1.33 bits per heavy atom. The highest BCUT2D eigenvalue weighted by Crippen LogP contribution is 2.13. The Hall–Kier alpha value is -1.88. The van der Waals surface area contributed by atoms with Crippen LogP contribution in [0.5, 0.6) is 0 Å². The first kappa shape index (κ1) is 17.2. The molecule has 0 saturated carbocycles. The molecule has 0 bridgehead atoms. The predicted octanol–water partition coefficient (Wildman–Crippen LogP) is 2.86. The number of benzene rings is 1. The van der Waals surface area contributed by atoms with Gasteiger partial charge in [0.1, 0.15) is 6.61 Å². The van der Waals surface area contributed by atoms with Crippen LogP contribution in [0.1, 0.15) is 38.2 Å². The molecular formula is C16H23NO4. The lowest BCUT2D eigenvalue weighted by molar-refractivity contribution is -0.184. The van der Waals surface area contributed by atoms with Crippen LogP contribution in [-0.2, 0) is 21.0 Å². The number of aliphatic carboxylic acids is 1. The lowest BCUT2D eigenvalue weighted by Crippen LogP contribution is -2.32. The van der Waals surface area contributed by atoms with Crippen LogP contribution < -0.4 is 0 Å². The van der Waals surface area contributed by atoms with E-state index in [1.165, 1.54) is 0 Å². The first-order chi connectivity index (χ1) is 10.2. The second-order valence-electron chi connectivity index (χ2n) is 5.00. The van der Waals surface area contributed by atoms with Crippen LogP contribution in [0.3, 0.4) is 0 Å². The second kappa shape index (κ2) is 9.94. The van der Waals surface area contributed by atoms with E-state index in [0.29, 0.717) is 12.8 Å². The van der Waals surface area contributed by atoms with Gasteiger partial charge in [-0.05, 0) is 12.0 Å². The largest absolute Gasteiger partial charge is 0.481 e. The molecule has 0 heterocycles. The zero-order chi connectivity index (χ0) is 15.5. The maximum absolute atomic E-state index is 11.2. The van der Waals surface area contributed by atoms with Gasteiger partial charge in [0.15, 0.2) is 0 Å². The molecule has 0 aliphatic rings. The fraction of sp³-hybridized carbons (Fsp3) is 0.500. The molecule has 1 unspecified atom stereocenters. The molecule has 0 aromatic heterocycles. The van der Waals surface area contributed by atoms with Crippen molar-refractivity contribution >= 4 is 12.4 Å². The highest BCUT2D eigenvalue weighted by molar-refractivity contribution is 5.70. The van der Waals surface area contributed by atoms with Crippen molar-refractivity contribution in [1.29, 1.82) is 0 Å². The first-order valence-corrected chi connectivity index (χ1v) is 7.29. The van der Waals surface area contributed by atoms with Gasteiger partial charge in [-0.1, -0.05) is 56.5 Å². The Balaban J connectivity index is 2.46. The number of nitrogens with zero attached hydrogens (tertiary/aromatic N) is 1. The van der Waals surface area contributed by atoms with Crippen molar-refractivity contribution in [3.05, 3.63) is 35.9 Å². The number of rotatable bonds is 11. The monoisotopic (exact) mass is 293 g/mol. The van der Waals surface area contributed by atoms with Gasteiger partial charge in [-0.15, -0.1) is 0 Å². The van der Waals surface area contributed by atoms with E-state index in [4.69, 9.17) is 4.84 Å². The average molecular weight is 293 g/mol. The average Bonchev–Trinajstić information content (AvgIpc) is 2.50. The number of carboxylic acids is 1. The molecule has 0 aliphatic carbocycles. The number of hydrogen-bond donors (Lipinski definition) is 1. The highest BCUT2D eigenvalue weighted by atomic mass is 16.7. The number of hydrogen-bond acceptors (Lipinski definition) is 3. The zero-order valence-corrected chi connectivity index (χ0v) is 12.4. The van der Waals surface area contributed by atoms with Crippen LogP contribution in [-0.4, -0.2) is 29.1 Å². The number of amides is 1. The van der Waals surface area contributed by atoms with Crippen molar-refractivity contribution in [2.75, 3.05) is 6.54 Å². The van der Waals surface area contributed by atoms with E-state index in [9.17, 15) is 14.7 Å². The molecule has 1 rings (SSSR count). The Morgan fingerprint density at radius 2 is 2.05 bits per heavy atom. The third-order valence-electron chi connectivity index (χ3n) is 3.26. The molecule has 0 saturated heterocycles. The SMILES string of the molecule is CCCCCC(CN(C=O)OCc1ccccc1)C(=O)O. The normalized spacial score (nSPS) is 11.9. The Kier molecular flexibility index (Phi) is 8.12. The summed E-state index contributed by atoms with van der Waals surface area (Å²) >= 11 is 0. The van der Waals surface area contributed by atoms with Crippen molar-refractivity contribution in [2.24, 2.45) is 5.92 Å². The van der Waals surface area contributed by atoms with Gasteiger partial charge in [0.05, 0.1) is 12.5 Å². The summed E-state index contributed by atoms with van der Waals surface area (Å²) in [7, 11) is 0. The van der Waals surface area contributed by atoms with Crippen molar-refractivity contribution in [1.82, 2.24) is 5.06 Å². The molecule has 0 radical (unpaired) electrons. The molecular weight excluding hydrogens is 270 g/mol. The quantitative estimate of drug-likeness (QED) is 0.387. The zero-order valence-electron chi connectivity index (χ0n) is 12.4. The van der Waals surface area contributed by atoms with E-state index in [0.717, 1.165) is 29.9 Å². The molecule has 1 N–H and O–H groups in total. The van der Waals surface area contributed by atoms with Gasteiger partial charge in [0.25, 0.3) is 0 Å². The Bertz CT molecular complexity index is 422. The van der Waals surface area contributed by atoms with E-state index in [1.54, 1.807) is 0 Å². The van der Waals surface area contributed by atoms with Crippen LogP contribution in [0.2, 0.25) is 0 Å². The Labute approximate surface area is 125 Å². The molecule has 0 spiro atoms. The first-order valence-electron chi connectivity index (χ1n) is 7.29. The van der Waals surface area contributed by atoms with Crippen LogP contribution in [0.15, 0.2) is 30.3 Å². The summed E-state index contributed by atoms with van der Waals surface area (Å²) in [5, 5.41) is 10.3. The van der Waals surface area contributed by atoms with Crippen molar-refractivity contribution in [3.8, 4) is 0 Å². The van der Waals surface area contributed by atoms with E-state index in [-0.39, 0.29) is 13.2 Å². The molecule has 1 aromatic rings. The number of unbranched alkanes of at least 4 members (excludes halogenated alkanes) is 2. The molecule has 1 amide bonds. The van der Waals surface area contributed by atoms with Gasteiger partial charge in [-0.3, -0.25) is 14.4 Å². The van der Waals surface area contributed by atoms with Gasteiger partial charge in [0, 0.05) is 0 Å². The van der Waals surface area contributed by atoms with Crippen LogP contribution in [0, 0.1) is 5.92 Å². The van der Waals surface area contributed by atoms with Gasteiger partial charge in [-0.2, -0.15) is 0 Å². The van der Waals surface area contributed by atoms with Gasteiger partial charge in [0.2, 0.25) is 6.41 Å². The Morgan fingerprint density at radius 3 is 2.62 bits per heavy atom. The third-order valence-corrected chi connectivity index (χ3v) is 3.26. The summed E-state index contributed by atoms with van der Waals surface area (Å²) in [5.41, 5.74) is 0.933. The smallest absolute Gasteiger partial charge is 0.308 e. The van der Waals surface area contributed by atoms with Gasteiger partial charge >= 0.3 is 5.97 Å². The van der Waals surface area contributed by atoms with Crippen LogP contribution in [0.4, 0.5) is 0 Å². The molecule has 21 heavy (non-hydrogen) atoms. The molecule has 1 aromatic carbocycles. The predicted molar refractivity (Wildman–Crippen MR) is 79.3 cm³/mol. The topological polar surface area (TPSA) is 66.8 Å². The molecule has 5 nitrogen and oxygen atoms in total. The lowest BCUT2D eigenvalue weighted by Gasteiger charge is -2.21. The van der Waals surface area contributed by atoms with Gasteiger partial charge < -0.3 is 5.11 Å². The van der Waals surface area contributed by atoms with Crippen molar-refractivity contribution in [2.45, 2.75) is 39.2 Å². The maximum atomic E-state index is 11.2. The molecule has 5 heteroatoms. The number of carboxylic acid groups (broad SMARTS) is 1. The standard InChI is InChI=1S/C16H23NO4/c1-2-3-5-10-15(16(19)20)11-17(13-18)21-12-14-8-6-4-7-9-14/h4,6-9,13,15H,2-3,5,10-12H2,1H3,(H,19,20). The van der Waals surface area contributed by atoms with Gasteiger partial charge in [-0.25, -0.2) is 5.06 Å². The summed E-state index contributed by atoms with van der Waals surface area (Å²) in [5.74, 6) is -1.47. The molecule has 116 valence electrons. The summed E-state index contributed by atoms with van der Waals surface area (Å²) in [6, 6.07) is 9.44. The molecule has 0 fully saturated rings. The lowest BCUT2D eigenvalue weighted by atomic mass is 10.0. The number of hydroxylamine groups is 2. The minimum absolute atomic E-state index is 0.0788. The van der Waals surface area contributed by atoms with E-state index >= 15 is 0 Å². The second-order valence-corrected chi connectivity index (χ2v) is 5.00. The van der Waals surface area contributed by atoms with Crippen LogP contribution >= 0.6 is 0 Å². The van der Waals surface area contributed by atoms with E-state index in [2.05, 4.69) is 6.92 Å². The summed E-state index contributed by atoms with van der Waals surface area (Å²) in [6.45, 7) is 2.40. The van der Waals surface area contributed by atoms with Crippen molar-refractivity contribution in [3.63, 3.8) is 0 Å². The van der Waals surface area contributed by atoms with E-state index < -0.39 is 11.9 Å². The summed E-state index contributed by atoms with van der Waals surface area (Å²) in [4.78, 5) is 27.6. The minimum Gasteiger partial charge on any atom is -0.481 e. The summed E-state index contributed by atoms with van der Waals surface area (Å²) < 4.78 is 0. The third kappa shape index (κ3) is 6.90. The van der Waals surface area contributed by atoms with E-state index in [1.807, 2.05) is 30.3 Å². The fourth-order valence-corrected chi connectivity index (χ4v) is 2.01. The molecule has 1 atom stereocenters. The summed E-state index contributed by atoms with van der Waals surface area (Å²) in [6.07, 6.45) is 3.98. The van der Waals surface area contributed by atoms with Crippen LogP contribution in [0.25, 0.3) is 0 Å². The van der Waals surface area contributed by atoms with Crippen molar-refractivity contribution < 1.29 is 19.5 Å². The minimum atomic E-state index is -0.888. The number of carbonyl (C=O) groups excluding carboxylic acids is 1. The number of carbonyl (C=O) groups is 2. The molecule has 0 aliphatic heterocycles.